The van der Waals surface area contributed by atoms with Gasteiger partial charge >= 0.3 is 21.1 Å². The molecular weight excluding hydrogens is 878 g/mol. The second kappa shape index (κ2) is 13.6. The van der Waals surface area contributed by atoms with Crippen LogP contribution in [-0.2, 0) is 21.1 Å². The van der Waals surface area contributed by atoms with Crippen LogP contribution in [-0.4, -0.2) is 19.1 Å². The summed E-state index contributed by atoms with van der Waals surface area (Å²) in [7, 11) is 0. The molecule has 4 aromatic heterocycles. The van der Waals surface area contributed by atoms with Crippen LogP contribution in [0.5, 0.6) is 0 Å². The summed E-state index contributed by atoms with van der Waals surface area (Å²) >= 11 is 0. The van der Waals surface area contributed by atoms with Crippen LogP contribution in [0, 0.1) is 26.8 Å². The van der Waals surface area contributed by atoms with E-state index in [-0.39, 0.29) is 21.1 Å². The third-order valence-electron chi connectivity index (χ3n) is 11.2. The molecule has 4 heterocycles. The van der Waals surface area contributed by atoms with Crippen LogP contribution < -0.4 is 4.98 Å². The molecule has 6 heteroatoms. The molecule has 0 bridgehead atoms. The summed E-state index contributed by atoms with van der Waals surface area (Å²) in [6, 6.07) is 57.3. The van der Waals surface area contributed by atoms with E-state index >= 15 is 0 Å². The van der Waals surface area contributed by atoms with Gasteiger partial charge in [0.25, 0.3) is 0 Å². The molecule has 274 valence electrons. The minimum Gasteiger partial charge on any atom is -0.656 e. The van der Waals surface area contributed by atoms with Gasteiger partial charge in [0, 0.05) is 23.0 Å². The van der Waals surface area contributed by atoms with Crippen molar-refractivity contribution in [3.05, 3.63) is 181 Å². The van der Waals surface area contributed by atoms with Crippen LogP contribution in [0.2, 0.25) is 0 Å². The number of rotatable bonds is 5. The van der Waals surface area contributed by atoms with E-state index in [2.05, 4.69) is 175 Å². The number of benzene rings is 7. The SMILES string of the molecule is Cc1cc(C)c(-c2ccc(-c3nc4c(-c5[c-]c6c(cc5)c5ccccc5n6-c5ccccn5)cccc4n3-c3ccccc3)c3[n-]c4ccccc4c23)c(C)c1.[Pt+2]. The Hall–Kier alpha value is -6.55. The van der Waals surface area contributed by atoms with Gasteiger partial charge in [0.2, 0.25) is 0 Å². The van der Waals surface area contributed by atoms with E-state index in [9.17, 15) is 0 Å². The number of hydrogen-bond donors (Lipinski definition) is 0. The van der Waals surface area contributed by atoms with E-state index in [1.165, 1.54) is 33.2 Å². The topological polar surface area (TPSA) is 49.7 Å². The van der Waals surface area contributed by atoms with E-state index in [1.807, 2.05) is 18.3 Å². The van der Waals surface area contributed by atoms with Gasteiger partial charge in [-0.25, -0.2) is 9.97 Å². The van der Waals surface area contributed by atoms with E-state index in [1.54, 1.807) is 0 Å². The van der Waals surface area contributed by atoms with Gasteiger partial charge in [-0.1, -0.05) is 120 Å². The Morgan fingerprint density at radius 3 is 2.11 bits per heavy atom. The normalized spacial score (nSPS) is 11.6. The standard InChI is InChI=1S/C51H35N5.Pt/c1-31-28-32(2)47(33(3)29-31)40-25-26-41(50-48(40)39-17-7-9-19-42(39)53-50)51-54-49-36(18-13-21-44(49)55(51)35-14-5-4-6-15-35)34-23-24-38-37-16-8-10-20-43(37)56(45(38)30-34)46-22-11-12-27-52-46;/h4-29H,1-3H3;/q-2;+2. The summed E-state index contributed by atoms with van der Waals surface area (Å²) in [5.41, 5.74) is 16.2. The Kier molecular flexibility index (Phi) is 8.32. The Morgan fingerprint density at radius 2 is 1.30 bits per heavy atom. The van der Waals surface area contributed by atoms with Gasteiger partial charge in [-0.2, -0.15) is 0 Å². The summed E-state index contributed by atoms with van der Waals surface area (Å²) < 4.78 is 4.50. The fourth-order valence-corrected chi connectivity index (χ4v) is 8.99. The maximum Gasteiger partial charge on any atom is 2.00 e. The Balaban J connectivity index is 0.00000396. The van der Waals surface area contributed by atoms with E-state index in [0.717, 1.165) is 83.3 Å². The first-order valence-corrected chi connectivity index (χ1v) is 19.0. The Bertz CT molecular complexity index is 3310. The van der Waals surface area contributed by atoms with Crippen LogP contribution in [0.1, 0.15) is 16.7 Å². The first-order valence-electron chi connectivity index (χ1n) is 19.0. The van der Waals surface area contributed by atoms with Crippen molar-refractivity contribution in [2.24, 2.45) is 0 Å². The van der Waals surface area contributed by atoms with Crippen molar-refractivity contribution in [2.45, 2.75) is 20.8 Å². The number of aryl methyl sites for hydroxylation is 3. The molecule has 11 rings (SSSR count). The predicted molar refractivity (Wildman–Crippen MR) is 231 cm³/mol. The molecule has 5 nitrogen and oxygen atoms in total. The summed E-state index contributed by atoms with van der Waals surface area (Å²) in [4.78, 5) is 15.7. The number of hydrogen-bond acceptors (Lipinski definition) is 2. The van der Waals surface area contributed by atoms with Gasteiger partial charge in [-0.3, -0.25) is 4.57 Å². The molecule has 0 saturated carbocycles. The molecule has 0 saturated heterocycles. The molecule has 0 fully saturated rings. The monoisotopic (exact) mass is 912 g/mol. The third kappa shape index (κ3) is 5.41. The van der Waals surface area contributed by atoms with Crippen molar-refractivity contribution in [3.63, 3.8) is 0 Å². The molecule has 0 atom stereocenters. The minimum atomic E-state index is 0. The number of pyridine rings is 1. The molecule has 7 aromatic carbocycles. The molecule has 0 aliphatic rings. The van der Waals surface area contributed by atoms with Crippen LogP contribution >= 0.6 is 0 Å². The van der Waals surface area contributed by atoms with Crippen molar-refractivity contribution >= 4 is 54.6 Å². The van der Waals surface area contributed by atoms with Crippen molar-refractivity contribution < 1.29 is 21.1 Å². The van der Waals surface area contributed by atoms with Crippen LogP contribution in [0.4, 0.5) is 0 Å². The summed E-state index contributed by atoms with van der Waals surface area (Å²) in [6.45, 7) is 6.60. The van der Waals surface area contributed by atoms with E-state index < -0.39 is 0 Å². The minimum absolute atomic E-state index is 0. The molecule has 0 radical (unpaired) electrons. The fourth-order valence-electron chi connectivity index (χ4n) is 8.99. The van der Waals surface area contributed by atoms with Gasteiger partial charge in [0.05, 0.1) is 11.0 Å². The number of aromatic nitrogens is 5. The zero-order valence-electron chi connectivity index (χ0n) is 31.6. The second-order valence-electron chi connectivity index (χ2n) is 14.7. The second-order valence-corrected chi connectivity index (χ2v) is 14.7. The fraction of sp³-hybridized carbons (Fsp3) is 0.0588. The van der Waals surface area contributed by atoms with Gasteiger partial charge in [-0.15, -0.1) is 34.8 Å². The first-order chi connectivity index (χ1) is 27.5. The van der Waals surface area contributed by atoms with Crippen molar-refractivity contribution in [1.82, 2.24) is 24.1 Å². The molecule has 11 aromatic rings. The van der Waals surface area contributed by atoms with Crippen LogP contribution in [0.15, 0.2) is 158 Å². The summed E-state index contributed by atoms with van der Waals surface area (Å²) in [5, 5.41) is 4.60. The number of nitrogens with zero attached hydrogens (tertiary/aromatic N) is 5. The average Bonchev–Trinajstić information content (AvgIpc) is 3.91. The molecule has 0 unspecified atom stereocenters. The smallest absolute Gasteiger partial charge is 0.656 e. The van der Waals surface area contributed by atoms with Gasteiger partial charge < -0.3 is 9.55 Å². The summed E-state index contributed by atoms with van der Waals surface area (Å²) in [5.74, 6) is 1.71. The van der Waals surface area contributed by atoms with Crippen molar-refractivity contribution in [1.29, 1.82) is 0 Å². The zero-order chi connectivity index (χ0) is 37.5. The molecule has 57 heavy (non-hydrogen) atoms. The molecule has 0 aliphatic heterocycles. The average molecular weight is 913 g/mol. The zero-order valence-corrected chi connectivity index (χ0v) is 33.8. The molecule has 0 N–H and O–H groups in total. The number of imidazole rings is 1. The van der Waals surface area contributed by atoms with Gasteiger partial charge in [0.1, 0.15) is 11.6 Å². The van der Waals surface area contributed by atoms with Gasteiger partial charge in [0.15, 0.2) is 0 Å². The van der Waals surface area contributed by atoms with Gasteiger partial charge in [-0.05, 0) is 101 Å². The van der Waals surface area contributed by atoms with Crippen LogP contribution in [0.3, 0.4) is 0 Å². The number of para-hydroxylation sites is 4. The molecular formula is C51H35N5Pt. The largest absolute Gasteiger partial charge is 2.00 e. The molecule has 0 aliphatic carbocycles. The molecule has 0 spiro atoms. The summed E-state index contributed by atoms with van der Waals surface area (Å²) in [6.07, 6.45) is 1.84. The number of fused-ring (bicyclic) bond motifs is 7. The maximum atomic E-state index is 5.59. The van der Waals surface area contributed by atoms with Crippen molar-refractivity contribution in [3.8, 4) is 45.1 Å². The predicted octanol–water partition coefficient (Wildman–Crippen LogP) is 12.5. The Labute approximate surface area is 344 Å². The third-order valence-corrected chi connectivity index (χ3v) is 11.2. The maximum absolute atomic E-state index is 5.59. The molecule has 0 amide bonds. The van der Waals surface area contributed by atoms with Crippen molar-refractivity contribution in [2.75, 3.05) is 0 Å². The van der Waals surface area contributed by atoms with E-state index in [4.69, 9.17) is 15.0 Å². The first kappa shape index (κ1) is 34.9. The Morgan fingerprint density at radius 1 is 0.579 bits per heavy atom. The quantitative estimate of drug-likeness (QED) is 0.162. The van der Waals surface area contributed by atoms with Crippen LogP contribution in [0.25, 0.3) is 99.8 Å². The van der Waals surface area contributed by atoms with E-state index in [0.29, 0.717) is 0 Å².